The number of nitrogens with zero attached hydrogens (tertiary/aromatic N) is 2. The molecular weight excluding hydrogens is 331 g/mol. The van der Waals surface area contributed by atoms with E-state index in [1.807, 2.05) is 41.3 Å². The molecule has 0 aromatic heterocycles. The van der Waals surface area contributed by atoms with Crippen molar-refractivity contribution in [3.05, 3.63) is 71.6 Å². The third kappa shape index (κ3) is 4.92. The Labute approximate surface area is 153 Å². The van der Waals surface area contributed by atoms with Crippen molar-refractivity contribution in [1.82, 2.24) is 9.80 Å². The Morgan fingerprint density at radius 1 is 1.12 bits per heavy atom. The van der Waals surface area contributed by atoms with Crippen molar-refractivity contribution in [2.75, 3.05) is 33.3 Å². The summed E-state index contributed by atoms with van der Waals surface area (Å²) in [7, 11) is 1.63. The molecule has 5 heteroatoms. The average molecular weight is 354 g/mol. The maximum Gasteiger partial charge on any atom is 0.246 e. The zero-order valence-electron chi connectivity index (χ0n) is 14.9. The molecule has 0 N–H and O–H groups in total. The summed E-state index contributed by atoms with van der Waals surface area (Å²) >= 11 is 0. The number of ether oxygens (including phenoxy) is 1. The Kier molecular flexibility index (Phi) is 6.02. The highest BCUT2D eigenvalue weighted by Crippen LogP contribution is 2.13. The summed E-state index contributed by atoms with van der Waals surface area (Å²) < 4.78 is 18.4. The van der Waals surface area contributed by atoms with Crippen LogP contribution in [-0.4, -0.2) is 49.0 Å². The SMILES string of the molecule is COc1ccc(/C=C/C(=O)N2CCN(Cc3cccc(F)c3)CC2)cc1. The van der Waals surface area contributed by atoms with Crippen LogP contribution in [0.1, 0.15) is 11.1 Å². The molecular formula is C21H23FN2O2. The molecule has 2 aromatic rings. The third-order valence-electron chi connectivity index (χ3n) is 4.51. The lowest BCUT2D eigenvalue weighted by atomic mass is 10.2. The first-order valence-corrected chi connectivity index (χ1v) is 8.72. The van der Waals surface area contributed by atoms with Gasteiger partial charge in [-0.3, -0.25) is 9.69 Å². The Hall–Kier alpha value is -2.66. The molecule has 1 heterocycles. The monoisotopic (exact) mass is 354 g/mol. The molecule has 3 rings (SSSR count). The number of amides is 1. The second kappa shape index (κ2) is 8.63. The lowest BCUT2D eigenvalue weighted by molar-refractivity contribution is -0.127. The van der Waals surface area contributed by atoms with Gasteiger partial charge in [-0.15, -0.1) is 0 Å². The van der Waals surface area contributed by atoms with E-state index in [1.165, 1.54) is 6.07 Å². The first-order valence-electron chi connectivity index (χ1n) is 8.72. The van der Waals surface area contributed by atoms with Gasteiger partial charge in [0.1, 0.15) is 11.6 Å². The molecule has 0 aliphatic carbocycles. The Morgan fingerprint density at radius 2 is 1.85 bits per heavy atom. The highest BCUT2D eigenvalue weighted by molar-refractivity contribution is 5.91. The van der Waals surface area contributed by atoms with Crippen LogP contribution in [0.5, 0.6) is 5.75 Å². The smallest absolute Gasteiger partial charge is 0.246 e. The third-order valence-corrected chi connectivity index (χ3v) is 4.51. The van der Waals surface area contributed by atoms with Crippen molar-refractivity contribution in [2.24, 2.45) is 0 Å². The molecule has 0 atom stereocenters. The number of carbonyl (C=O) groups is 1. The van der Waals surface area contributed by atoms with E-state index in [2.05, 4.69) is 4.90 Å². The molecule has 1 fully saturated rings. The van der Waals surface area contributed by atoms with Crippen molar-refractivity contribution >= 4 is 12.0 Å². The summed E-state index contributed by atoms with van der Waals surface area (Å²) in [5.74, 6) is 0.606. The van der Waals surface area contributed by atoms with E-state index in [1.54, 1.807) is 25.3 Å². The molecule has 0 saturated carbocycles. The van der Waals surface area contributed by atoms with Gasteiger partial charge in [0.15, 0.2) is 0 Å². The molecule has 0 bridgehead atoms. The van der Waals surface area contributed by atoms with E-state index in [9.17, 15) is 9.18 Å². The minimum Gasteiger partial charge on any atom is -0.497 e. The maximum atomic E-state index is 13.3. The highest BCUT2D eigenvalue weighted by atomic mass is 19.1. The van der Waals surface area contributed by atoms with Crippen LogP contribution in [0, 0.1) is 5.82 Å². The highest BCUT2D eigenvalue weighted by Gasteiger charge is 2.19. The number of benzene rings is 2. The predicted molar refractivity (Wildman–Crippen MR) is 100 cm³/mol. The second-order valence-corrected chi connectivity index (χ2v) is 6.34. The molecule has 1 aliphatic rings. The average Bonchev–Trinajstić information content (AvgIpc) is 2.67. The number of methoxy groups -OCH3 is 1. The number of halogens is 1. The maximum absolute atomic E-state index is 13.3. The van der Waals surface area contributed by atoms with Gasteiger partial charge in [0.05, 0.1) is 7.11 Å². The normalized spacial score (nSPS) is 15.4. The van der Waals surface area contributed by atoms with Crippen molar-refractivity contribution in [2.45, 2.75) is 6.54 Å². The van der Waals surface area contributed by atoms with Crippen molar-refractivity contribution in [3.8, 4) is 5.75 Å². The standard InChI is InChI=1S/C21H23FN2O2/c1-26-20-8-5-17(6-9-20)7-10-21(25)24-13-11-23(12-14-24)16-18-3-2-4-19(22)15-18/h2-10,15H,11-14,16H2,1H3/b10-7+. The Morgan fingerprint density at radius 3 is 2.50 bits per heavy atom. The molecule has 0 spiro atoms. The summed E-state index contributed by atoms with van der Waals surface area (Å²) in [5, 5.41) is 0. The summed E-state index contributed by atoms with van der Waals surface area (Å²) in [6, 6.07) is 14.3. The summed E-state index contributed by atoms with van der Waals surface area (Å²) in [6.45, 7) is 3.65. The quantitative estimate of drug-likeness (QED) is 0.773. The molecule has 1 aliphatic heterocycles. The molecule has 1 amide bonds. The molecule has 1 saturated heterocycles. The predicted octanol–water partition coefficient (Wildman–Crippen LogP) is 3.19. The fraction of sp³-hybridized carbons (Fsp3) is 0.286. The van der Waals surface area contributed by atoms with Gasteiger partial charge >= 0.3 is 0 Å². The van der Waals surface area contributed by atoms with Crippen LogP contribution in [0.15, 0.2) is 54.6 Å². The molecule has 0 radical (unpaired) electrons. The first kappa shape index (κ1) is 18.1. The Balaban J connectivity index is 1.49. The van der Waals surface area contributed by atoms with E-state index < -0.39 is 0 Å². The van der Waals surface area contributed by atoms with Crippen molar-refractivity contribution in [3.63, 3.8) is 0 Å². The fourth-order valence-electron chi connectivity index (χ4n) is 3.01. The molecule has 26 heavy (non-hydrogen) atoms. The first-order chi connectivity index (χ1) is 12.6. The van der Waals surface area contributed by atoms with Gasteiger partial charge in [-0.25, -0.2) is 4.39 Å². The van der Waals surface area contributed by atoms with E-state index in [0.717, 1.165) is 30.0 Å². The van der Waals surface area contributed by atoms with E-state index >= 15 is 0 Å². The topological polar surface area (TPSA) is 32.8 Å². The van der Waals surface area contributed by atoms with Crippen LogP contribution in [0.4, 0.5) is 4.39 Å². The fourth-order valence-corrected chi connectivity index (χ4v) is 3.01. The van der Waals surface area contributed by atoms with Crippen molar-refractivity contribution < 1.29 is 13.9 Å². The molecule has 136 valence electrons. The van der Waals surface area contributed by atoms with Crippen LogP contribution in [-0.2, 0) is 11.3 Å². The second-order valence-electron chi connectivity index (χ2n) is 6.34. The number of hydrogen-bond donors (Lipinski definition) is 0. The summed E-state index contributed by atoms with van der Waals surface area (Å²) in [5.41, 5.74) is 1.92. The van der Waals surface area contributed by atoms with Crippen LogP contribution in [0.3, 0.4) is 0 Å². The van der Waals surface area contributed by atoms with E-state index in [-0.39, 0.29) is 11.7 Å². The van der Waals surface area contributed by atoms with Gasteiger partial charge in [0, 0.05) is 38.8 Å². The number of piperazine rings is 1. The van der Waals surface area contributed by atoms with Crippen molar-refractivity contribution in [1.29, 1.82) is 0 Å². The van der Waals surface area contributed by atoms with Crippen LogP contribution in [0.2, 0.25) is 0 Å². The van der Waals surface area contributed by atoms with Crippen LogP contribution < -0.4 is 4.74 Å². The van der Waals surface area contributed by atoms with Gasteiger partial charge in [0.25, 0.3) is 0 Å². The largest absolute Gasteiger partial charge is 0.497 e. The summed E-state index contributed by atoms with van der Waals surface area (Å²) in [6.07, 6.45) is 3.44. The summed E-state index contributed by atoms with van der Waals surface area (Å²) in [4.78, 5) is 16.4. The van der Waals surface area contributed by atoms with E-state index in [0.29, 0.717) is 19.6 Å². The van der Waals surface area contributed by atoms with Gasteiger partial charge in [0.2, 0.25) is 5.91 Å². The van der Waals surface area contributed by atoms with Crippen LogP contribution in [0.25, 0.3) is 6.08 Å². The zero-order chi connectivity index (χ0) is 18.4. The van der Waals surface area contributed by atoms with Crippen LogP contribution >= 0.6 is 0 Å². The molecule has 4 nitrogen and oxygen atoms in total. The molecule has 0 unspecified atom stereocenters. The lowest BCUT2D eigenvalue weighted by Crippen LogP contribution is -2.47. The van der Waals surface area contributed by atoms with Gasteiger partial charge in [-0.1, -0.05) is 24.3 Å². The van der Waals surface area contributed by atoms with Gasteiger partial charge < -0.3 is 9.64 Å². The minimum absolute atomic E-state index is 0.0197. The van der Waals surface area contributed by atoms with Gasteiger partial charge in [-0.2, -0.15) is 0 Å². The molecule has 2 aromatic carbocycles. The number of carbonyl (C=O) groups excluding carboxylic acids is 1. The van der Waals surface area contributed by atoms with E-state index in [4.69, 9.17) is 4.74 Å². The lowest BCUT2D eigenvalue weighted by Gasteiger charge is -2.34. The Bertz CT molecular complexity index is 766. The van der Waals surface area contributed by atoms with Gasteiger partial charge in [-0.05, 0) is 41.5 Å². The number of rotatable bonds is 5. The minimum atomic E-state index is -0.208. The zero-order valence-corrected chi connectivity index (χ0v) is 14.9. The number of hydrogen-bond acceptors (Lipinski definition) is 3.